The normalized spacial score (nSPS) is 16.8. The molecule has 0 aliphatic heterocycles. The van der Waals surface area contributed by atoms with E-state index in [4.69, 9.17) is 4.74 Å². The van der Waals surface area contributed by atoms with Crippen LogP contribution >= 0.6 is 0 Å². The molecule has 2 rings (SSSR count). The molecule has 1 unspecified atom stereocenters. The van der Waals surface area contributed by atoms with Crippen molar-refractivity contribution in [2.24, 2.45) is 5.92 Å². The first-order chi connectivity index (χ1) is 10.0. The first-order valence-electron chi connectivity index (χ1n) is 6.75. The van der Waals surface area contributed by atoms with Crippen LogP contribution in [0.5, 0.6) is 5.75 Å². The summed E-state index contributed by atoms with van der Waals surface area (Å²) in [6.07, 6.45) is 1.82. The fourth-order valence-electron chi connectivity index (χ4n) is 2.31. The Balaban J connectivity index is 2.20. The maximum Gasteiger partial charge on any atom is 0.311 e. The predicted octanol–water partition coefficient (Wildman–Crippen LogP) is 2.39. The number of nitriles is 1. The highest BCUT2D eigenvalue weighted by Crippen LogP contribution is 2.40. The summed E-state index contributed by atoms with van der Waals surface area (Å²) in [5, 5.41) is 23.4. The molecular formula is C14H16FN3O3. The number of rotatable bonds is 7. The zero-order chi connectivity index (χ0) is 15.5. The minimum Gasteiger partial charge on any atom is -0.484 e. The molecule has 0 amide bonds. The summed E-state index contributed by atoms with van der Waals surface area (Å²) in [4.78, 5) is 10.3. The summed E-state index contributed by atoms with van der Waals surface area (Å²) >= 11 is 0. The SMILES string of the molecule is CCNC(C#N)(COc1cc(F)ccc1[N+](=O)[O-])C1CC1. The van der Waals surface area contributed by atoms with Crippen LogP contribution in [0, 0.1) is 33.2 Å². The van der Waals surface area contributed by atoms with Gasteiger partial charge in [-0.2, -0.15) is 5.26 Å². The zero-order valence-electron chi connectivity index (χ0n) is 11.6. The Morgan fingerprint density at radius 3 is 2.86 bits per heavy atom. The Labute approximate surface area is 121 Å². The number of hydrogen-bond acceptors (Lipinski definition) is 5. The van der Waals surface area contributed by atoms with Crippen molar-refractivity contribution in [2.75, 3.05) is 13.2 Å². The molecule has 6 nitrogen and oxygen atoms in total. The third-order valence-corrected chi connectivity index (χ3v) is 3.54. The number of nitro benzene ring substituents is 1. The molecule has 0 aromatic heterocycles. The Hall–Kier alpha value is -2.20. The van der Waals surface area contributed by atoms with Crippen LogP contribution in [0.2, 0.25) is 0 Å². The third-order valence-electron chi connectivity index (χ3n) is 3.54. The van der Waals surface area contributed by atoms with Gasteiger partial charge in [0, 0.05) is 12.1 Å². The highest BCUT2D eigenvalue weighted by atomic mass is 19.1. The van der Waals surface area contributed by atoms with Crippen LogP contribution in [0.3, 0.4) is 0 Å². The number of hydrogen-bond donors (Lipinski definition) is 1. The summed E-state index contributed by atoms with van der Waals surface area (Å²) < 4.78 is 18.7. The molecule has 21 heavy (non-hydrogen) atoms. The minimum absolute atomic E-state index is 0.0493. The Kier molecular flexibility index (Phi) is 4.38. The van der Waals surface area contributed by atoms with E-state index in [1.54, 1.807) is 0 Å². The van der Waals surface area contributed by atoms with Crippen LogP contribution in [-0.4, -0.2) is 23.6 Å². The van der Waals surface area contributed by atoms with Crippen LogP contribution in [0.25, 0.3) is 0 Å². The Morgan fingerprint density at radius 2 is 2.33 bits per heavy atom. The molecule has 0 heterocycles. The maximum absolute atomic E-state index is 13.2. The molecule has 0 spiro atoms. The van der Waals surface area contributed by atoms with Gasteiger partial charge in [0.2, 0.25) is 0 Å². The Bertz CT molecular complexity index is 583. The number of benzene rings is 1. The van der Waals surface area contributed by atoms with Gasteiger partial charge in [0.15, 0.2) is 5.75 Å². The van der Waals surface area contributed by atoms with E-state index in [0.717, 1.165) is 31.0 Å². The van der Waals surface area contributed by atoms with Crippen molar-refractivity contribution >= 4 is 5.69 Å². The first-order valence-corrected chi connectivity index (χ1v) is 6.75. The minimum atomic E-state index is -0.880. The molecular weight excluding hydrogens is 277 g/mol. The summed E-state index contributed by atoms with van der Waals surface area (Å²) in [5.41, 5.74) is -1.19. The Morgan fingerprint density at radius 1 is 1.62 bits per heavy atom. The predicted molar refractivity (Wildman–Crippen MR) is 73.3 cm³/mol. The average molecular weight is 293 g/mol. The van der Waals surface area contributed by atoms with Crippen LogP contribution < -0.4 is 10.1 Å². The van der Waals surface area contributed by atoms with Gasteiger partial charge in [-0.1, -0.05) is 6.92 Å². The van der Waals surface area contributed by atoms with E-state index in [-0.39, 0.29) is 24.0 Å². The molecule has 0 radical (unpaired) electrons. The average Bonchev–Trinajstić information content (AvgIpc) is 3.28. The number of ether oxygens (including phenoxy) is 1. The second-order valence-electron chi connectivity index (χ2n) is 5.05. The van der Waals surface area contributed by atoms with Gasteiger partial charge in [-0.3, -0.25) is 15.4 Å². The molecule has 1 fully saturated rings. The van der Waals surface area contributed by atoms with E-state index in [2.05, 4.69) is 11.4 Å². The van der Waals surface area contributed by atoms with Crippen LogP contribution in [0.4, 0.5) is 10.1 Å². The van der Waals surface area contributed by atoms with E-state index in [0.29, 0.717) is 6.54 Å². The van der Waals surface area contributed by atoms with Crippen molar-refractivity contribution in [2.45, 2.75) is 25.3 Å². The smallest absolute Gasteiger partial charge is 0.311 e. The van der Waals surface area contributed by atoms with Gasteiger partial charge in [-0.05, 0) is 31.4 Å². The summed E-state index contributed by atoms with van der Waals surface area (Å²) in [5.74, 6) is -0.610. The standard InChI is InChI=1S/C14H16FN3O3/c1-2-17-14(8-16,10-3-4-10)9-21-13-7-11(15)5-6-12(13)18(19)20/h5-7,10,17H,2-4,9H2,1H3. The molecule has 1 saturated carbocycles. The fourth-order valence-corrected chi connectivity index (χ4v) is 2.31. The number of halogens is 1. The van der Waals surface area contributed by atoms with Gasteiger partial charge < -0.3 is 4.74 Å². The summed E-state index contributed by atoms with van der Waals surface area (Å²) in [6.45, 7) is 2.41. The van der Waals surface area contributed by atoms with Crippen molar-refractivity contribution in [3.63, 3.8) is 0 Å². The molecule has 1 atom stereocenters. The van der Waals surface area contributed by atoms with Gasteiger partial charge in [0.1, 0.15) is 18.0 Å². The van der Waals surface area contributed by atoms with E-state index >= 15 is 0 Å². The van der Waals surface area contributed by atoms with E-state index in [1.807, 2.05) is 6.92 Å². The molecule has 7 heteroatoms. The highest BCUT2D eigenvalue weighted by Gasteiger charge is 2.46. The van der Waals surface area contributed by atoms with E-state index < -0.39 is 16.3 Å². The van der Waals surface area contributed by atoms with Crippen molar-refractivity contribution in [3.8, 4) is 11.8 Å². The van der Waals surface area contributed by atoms with Crippen LogP contribution in [0.1, 0.15) is 19.8 Å². The number of likely N-dealkylation sites (N-methyl/N-ethyl adjacent to an activating group) is 1. The van der Waals surface area contributed by atoms with Crippen molar-refractivity contribution in [1.29, 1.82) is 5.26 Å². The monoisotopic (exact) mass is 293 g/mol. The van der Waals surface area contributed by atoms with Crippen LogP contribution in [-0.2, 0) is 0 Å². The molecule has 0 saturated heterocycles. The fraction of sp³-hybridized carbons (Fsp3) is 0.500. The first kappa shape index (κ1) is 15.2. The largest absolute Gasteiger partial charge is 0.484 e. The van der Waals surface area contributed by atoms with Crippen molar-refractivity contribution in [3.05, 3.63) is 34.1 Å². The molecule has 0 bridgehead atoms. The molecule has 1 aromatic rings. The number of nitrogens with zero attached hydrogens (tertiary/aromatic N) is 2. The van der Waals surface area contributed by atoms with Gasteiger partial charge in [-0.15, -0.1) is 0 Å². The maximum atomic E-state index is 13.2. The van der Waals surface area contributed by atoms with Crippen LogP contribution in [0.15, 0.2) is 18.2 Å². The molecule has 1 aliphatic carbocycles. The van der Waals surface area contributed by atoms with Gasteiger partial charge in [0.05, 0.1) is 11.0 Å². The molecule has 1 N–H and O–H groups in total. The molecule has 112 valence electrons. The summed E-state index contributed by atoms with van der Waals surface area (Å²) in [7, 11) is 0. The van der Waals surface area contributed by atoms with E-state index in [9.17, 15) is 19.8 Å². The number of nitrogens with one attached hydrogen (secondary N) is 1. The second-order valence-corrected chi connectivity index (χ2v) is 5.05. The van der Waals surface area contributed by atoms with Crippen molar-refractivity contribution < 1.29 is 14.1 Å². The molecule has 1 aliphatic rings. The number of nitro groups is 1. The quantitative estimate of drug-likeness (QED) is 0.616. The van der Waals surface area contributed by atoms with Gasteiger partial charge in [0.25, 0.3) is 0 Å². The zero-order valence-corrected chi connectivity index (χ0v) is 11.6. The van der Waals surface area contributed by atoms with Gasteiger partial charge in [-0.25, -0.2) is 4.39 Å². The lowest BCUT2D eigenvalue weighted by molar-refractivity contribution is -0.386. The lowest BCUT2D eigenvalue weighted by atomic mass is 9.96. The van der Waals surface area contributed by atoms with E-state index in [1.165, 1.54) is 0 Å². The summed E-state index contributed by atoms with van der Waals surface area (Å²) in [6, 6.07) is 5.25. The van der Waals surface area contributed by atoms with Crippen molar-refractivity contribution in [1.82, 2.24) is 5.32 Å². The lowest BCUT2D eigenvalue weighted by Crippen LogP contribution is -2.50. The third kappa shape index (κ3) is 3.28. The highest BCUT2D eigenvalue weighted by molar-refractivity contribution is 5.46. The molecule has 1 aromatic carbocycles. The topological polar surface area (TPSA) is 88.2 Å². The lowest BCUT2D eigenvalue weighted by Gasteiger charge is -2.27. The second kappa shape index (κ2) is 6.06. The van der Waals surface area contributed by atoms with Gasteiger partial charge >= 0.3 is 5.69 Å².